The van der Waals surface area contributed by atoms with Gasteiger partial charge in [-0.2, -0.15) is 0 Å². The van der Waals surface area contributed by atoms with Crippen molar-refractivity contribution < 1.29 is 49.7 Å². The molecule has 0 aromatic carbocycles. The summed E-state index contributed by atoms with van der Waals surface area (Å²) in [4.78, 5) is 26.0. The average molecular weight is 924 g/mol. The van der Waals surface area contributed by atoms with Crippen molar-refractivity contribution in [3.8, 4) is 0 Å². The third-order valence-corrected chi connectivity index (χ3v) is 22.2. The molecule has 0 radical (unpaired) electrons. The summed E-state index contributed by atoms with van der Waals surface area (Å²) in [6, 6.07) is 0. The van der Waals surface area contributed by atoms with E-state index < -0.39 is 24.4 Å². The lowest BCUT2D eigenvalue weighted by atomic mass is 9.43. The molecule has 8 aliphatic rings. The number of fused-ring (bicyclic) bond motifs is 10. The molecule has 0 saturated heterocycles. The molecule has 0 bridgehead atoms. The molecular weight excluding hydrogens is 839 g/mol. The predicted molar refractivity (Wildman–Crippen MR) is 246 cm³/mol. The fourth-order valence-electron chi connectivity index (χ4n) is 18.4. The highest BCUT2D eigenvalue weighted by Crippen LogP contribution is 2.70. The molecule has 372 valence electrons. The molecule has 0 amide bonds. The second-order valence-electron chi connectivity index (χ2n) is 24.9. The van der Waals surface area contributed by atoms with Crippen molar-refractivity contribution in [3.05, 3.63) is 11.9 Å². The van der Waals surface area contributed by atoms with Crippen LogP contribution >= 0.6 is 0 Å². The summed E-state index contributed by atoms with van der Waals surface area (Å²) in [5, 5.41) is 76.3. The largest absolute Gasteiger partial charge is 0.464 e. The fourth-order valence-corrected chi connectivity index (χ4v) is 18.4. The third kappa shape index (κ3) is 8.32. The van der Waals surface area contributed by atoms with Crippen LogP contribution in [0.1, 0.15) is 163 Å². The number of aliphatic hydroxyl groups excluding tert-OH is 6. The Kier molecular flexibility index (Phi) is 13.7. The zero-order chi connectivity index (χ0) is 47.1. The van der Waals surface area contributed by atoms with E-state index in [9.17, 15) is 40.2 Å². The maximum atomic E-state index is 13.0. The molecule has 8 saturated carbocycles. The summed E-state index contributed by atoms with van der Waals surface area (Å²) < 4.78 is 12.8. The van der Waals surface area contributed by atoms with Crippen LogP contribution in [0.4, 0.5) is 0 Å². The number of hydrogen-bond acceptors (Lipinski definition) is 12. The highest BCUT2D eigenvalue weighted by molar-refractivity contribution is 5.69. The molecule has 6 N–H and O–H groups in total. The quantitative estimate of drug-likeness (QED) is 0.116. The van der Waals surface area contributed by atoms with Crippen molar-refractivity contribution in [2.75, 3.05) is 6.61 Å². The van der Waals surface area contributed by atoms with Crippen LogP contribution in [0.15, 0.2) is 6.20 Å². The number of nitrogens with zero attached hydrogens (tertiary/aromatic N) is 3. The highest BCUT2D eigenvalue weighted by atomic mass is 16.5. The SMILES string of the molecule is C[C@H](CCC(=O)OCCn1cc(COC(=O)CC[C@@H](C)[C@H]2CC[C@H]3[C@@H]4[C@H](O)C[C@@H]5C[C@H](O)CC[C@]5(C)[C@H]4C[C@H](O)[C@]23C)nn1)[C@H]1CC[C@H]2[C@@H]3[C@H](O)C[C@@H]4C[C@H](O)CC[C@]4(C)[C@H]3C[C@H](O)[C@]12C. The number of rotatable bonds is 13. The first-order valence-electron chi connectivity index (χ1n) is 26.6. The molecule has 66 heavy (non-hydrogen) atoms. The first-order chi connectivity index (χ1) is 31.3. The molecule has 1 aromatic rings. The number of ether oxygens (including phenoxy) is 2. The summed E-state index contributed by atoms with van der Waals surface area (Å²) in [6.07, 6.45) is 13.1. The van der Waals surface area contributed by atoms with E-state index in [2.05, 4.69) is 51.9 Å². The summed E-state index contributed by atoms with van der Waals surface area (Å²) in [5.41, 5.74) is -0.0322. The van der Waals surface area contributed by atoms with Gasteiger partial charge in [-0.25, -0.2) is 4.68 Å². The molecule has 1 heterocycles. The lowest BCUT2D eigenvalue weighted by molar-refractivity contribution is -0.207. The first kappa shape index (κ1) is 48.8. The molecule has 13 nitrogen and oxygen atoms in total. The third-order valence-electron chi connectivity index (χ3n) is 22.2. The van der Waals surface area contributed by atoms with Gasteiger partial charge < -0.3 is 40.1 Å². The van der Waals surface area contributed by atoms with E-state index >= 15 is 0 Å². The second kappa shape index (κ2) is 18.5. The molecule has 22 atom stereocenters. The topological polar surface area (TPSA) is 205 Å². The van der Waals surface area contributed by atoms with Crippen LogP contribution in [-0.2, 0) is 32.2 Å². The number of aromatic nitrogens is 3. The van der Waals surface area contributed by atoms with Crippen molar-refractivity contribution in [2.45, 2.75) is 207 Å². The van der Waals surface area contributed by atoms with Crippen molar-refractivity contribution in [3.63, 3.8) is 0 Å². The molecule has 0 spiro atoms. The number of hydrogen-bond donors (Lipinski definition) is 6. The van der Waals surface area contributed by atoms with E-state index in [1.54, 1.807) is 10.9 Å². The normalized spacial score (nSPS) is 48.1. The molecular formula is C53H85N3O10. The van der Waals surface area contributed by atoms with E-state index in [1.807, 2.05) is 0 Å². The Morgan fingerprint density at radius 3 is 1.61 bits per heavy atom. The molecule has 0 unspecified atom stereocenters. The number of carbonyl (C=O) groups excluding carboxylic acids is 2. The maximum absolute atomic E-state index is 13.0. The predicted octanol–water partition coefficient (Wildman–Crippen LogP) is 6.62. The van der Waals surface area contributed by atoms with Gasteiger partial charge in [-0.1, -0.05) is 46.8 Å². The summed E-state index contributed by atoms with van der Waals surface area (Å²) in [7, 11) is 0. The Hall–Kier alpha value is -2.16. The van der Waals surface area contributed by atoms with Gasteiger partial charge in [0.05, 0.1) is 49.4 Å². The standard InChI is InChI=1S/C53H85N3O10/c1-29(36-9-11-38-48-40(25-44(61)52(36,38)5)50(3)17-15-34(57)21-31(50)23-42(48)59)7-13-46(63)65-20-19-56-27-33(54-55-56)28-66-47(64)14-8-30(2)37-10-12-39-49-41(26-45(62)53(37,39)6)51(4)18-16-35(58)22-32(51)24-43(49)60/h27,29-32,34-45,48-49,57-62H,7-26,28H2,1-6H3/t29-,30-,31+,32+,34-,35-,36-,37-,38+,39+,40+,41+,42-,43-,44+,45+,48+,49+,50+,51+,52-,53-/m1/s1. The fraction of sp³-hybridized carbons (Fsp3) is 0.925. The lowest BCUT2D eigenvalue weighted by Gasteiger charge is -2.63. The van der Waals surface area contributed by atoms with Crippen molar-refractivity contribution >= 4 is 11.9 Å². The monoisotopic (exact) mass is 924 g/mol. The number of aliphatic hydroxyl groups is 6. The first-order valence-corrected chi connectivity index (χ1v) is 26.6. The van der Waals surface area contributed by atoms with Gasteiger partial charge in [-0.3, -0.25) is 9.59 Å². The van der Waals surface area contributed by atoms with Crippen LogP contribution in [0.5, 0.6) is 0 Å². The molecule has 1 aromatic heterocycles. The van der Waals surface area contributed by atoms with Crippen LogP contribution in [-0.4, -0.2) is 101 Å². The van der Waals surface area contributed by atoms with E-state index in [-0.39, 0.29) is 125 Å². The number of carbonyl (C=O) groups is 2. The van der Waals surface area contributed by atoms with Crippen molar-refractivity contribution in [1.29, 1.82) is 0 Å². The lowest BCUT2D eigenvalue weighted by Crippen LogP contribution is -2.62. The molecule has 8 fully saturated rings. The minimum absolute atomic E-state index is 0.00451. The van der Waals surface area contributed by atoms with Gasteiger partial charge in [0, 0.05) is 12.8 Å². The van der Waals surface area contributed by atoms with Gasteiger partial charge in [-0.15, -0.1) is 5.10 Å². The molecule has 8 aliphatic carbocycles. The highest BCUT2D eigenvalue weighted by Gasteiger charge is 2.67. The van der Waals surface area contributed by atoms with E-state index in [4.69, 9.17) is 9.47 Å². The zero-order valence-electron chi connectivity index (χ0n) is 41.0. The molecule has 13 heteroatoms. The zero-order valence-corrected chi connectivity index (χ0v) is 41.0. The van der Waals surface area contributed by atoms with Crippen LogP contribution < -0.4 is 0 Å². The van der Waals surface area contributed by atoms with E-state index in [1.165, 1.54) is 0 Å². The van der Waals surface area contributed by atoms with Crippen LogP contribution in [0.2, 0.25) is 0 Å². The summed E-state index contributed by atoms with van der Waals surface area (Å²) in [6.45, 7) is 14.1. The van der Waals surface area contributed by atoms with Gasteiger partial charge in [0.2, 0.25) is 0 Å². The van der Waals surface area contributed by atoms with Crippen LogP contribution in [0.3, 0.4) is 0 Å². The minimum Gasteiger partial charge on any atom is -0.464 e. The van der Waals surface area contributed by atoms with Gasteiger partial charge in [0.25, 0.3) is 0 Å². The summed E-state index contributed by atoms with van der Waals surface area (Å²) >= 11 is 0. The average Bonchev–Trinajstić information content (AvgIpc) is 3.99. The smallest absolute Gasteiger partial charge is 0.306 e. The number of esters is 2. The van der Waals surface area contributed by atoms with Crippen molar-refractivity contribution in [1.82, 2.24) is 15.0 Å². The van der Waals surface area contributed by atoms with Crippen LogP contribution in [0, 0.1) is 92.7 Å². The Morgan fingerprint density at radius 1 is 0.652 bits per heavy atom. The Labute approximate surface area is 393 Å². The summed E-state index contributed by atoms with van der Waals surface area (Å²) in [5.74, 6) is 2.26. The van der Waals surface area contributed by atoms with E-state index in [0.717, 1.165) is 77.0 Å². The van der Waals surface area contributed by atoms with Gasteiger partial charge >= 0.3 is 11.9 Å². The maximum Gasteiger partial charge on any atom is 0.306 e. The molecule has 9 rings (SSSR count). The Balaban J connectivity index is 0.692. The van der Waals surface area contributed by atoms with Gasteiger partial charge in [-0.05, 0) is 195 Å². The van der Waals surface area contributed by atoms with Gasteiger partial charge in [0.1, 0.15) is 18.9 Å². The Morgan fingerprint density at radius 2 is 1.12 bits per heavy atom. The van der Waals surface area contributed by atoms with Gasteiger partial charge in [0.15, 0.2) is 0 Å². The van der Waals surface area contributed by atoms with Crippen molar-refractivity contribution in [2.24, 2.45) is 92.7 Å². The minimum atomic E-state index is -0.463. The second-order valence-corrected chi connectivity index (χ2v) is 24.9. The molecule has 0 aliphatic heterocycles. The van der Waals surface area contributed by atoms with Crippen LogP contribution in [0.25, 0.3) is 0 Å². The van der Waals surface area contributed by atoms with E-state index in [0.29, 0.717) is 56.2 Å². The Bertz CT molecular complexity index is 1900.